The van der Waals surface area contributed by atoms with Crippen molar-refractivity contribution in [2.75, 3.05) is 36.8 Å². The predicted octanol–water partition coefficient (Wildman–Crippen LogP) is 0.593. The Balaban J connectivity index is 2.28. The van der Waals surface area contributed by atoms with E-state index in [2.05, 4.69) is 26.9 Å². The number of anilines is 2. The lowest BCUT2D eigenvalue weighted by molar-refractivity contribution is 0.545. The van der Waals surface area contributed by atoms with Crippen molar-refractivity contribution >= 4 is 11.5 Å². The van der Waals surface area contributed by atoms with Crippen LogP contribution in [0, 0.1) is 6.92 Å². The molecule has 0 amide bonds. The van der Waals surface area contributed by atoms with Crippen LogP contribution in [-0.4, -0.2) is 36.0 Å². The van der Waals surface area contributed by atoms with Gasteiger partial charge in [-0.25, -0.2) is 4.68 Å². The quantitative estimate of drug-likeness (QED) is 0.787. The molecule has 2 rings (SSSR count). The lowest BCUT2D eigenvalue weighted by Crippen LogP contribution is -2.44. The van der Waals surface area contributed by atoms with Crippen LogP contribution in [0.15, 0.2) is 0 Å². The molecule has 5 heteroatoms. The minimum Gasteiger partial charge on any atom is -0.394 e. The Kier molecular flexibility index (Phi) is 3.33. The summed E-state index contributed by atoms with van der Waals surface area (Å²) in [6.07, 6.45) is 1.08. The van der Waals surface area contributed by atoms with Crippen LogP contribution >= 0.6 is 0 Å². The molecule has 0 aromatic carbocycles. The van der Waals surface area contributed by atoms with Crippen molar-refractivity contribution < 1.29 is 0 Å². The molecule has 0 bridgehead atoms. The number of nitrogens with one attached hydrogen (secondary N) is 1. The topological polar surface area (TPSA) is 59.1 Å². The number of nitrogen functional groups attached to an aromatic ring is 1. The van der Waals surface area contributed by atoms with Crippen molar-refractivity contribution in [2.24, 2.45) is 0 Å². The van der Waals surface area contributed by atoms with Crippen LogP contribution in [0.1, 0.15) is 19.0 Å². The molecule has 1 fully saturated rings. The first-order chi connectivity index (χ1) is 7.74. The van der Waals surface area contributed by atoms with E-state index in [0.717, 1.165) is 56.3 Å². The van der Waals surface area contributed by atoms with Crippen LogP contribution < -0.4 is 16.0 Å². The minimum absolute atomic E-state index is 0.843. The van der Waals surface area contributed by atoms with Crippen LogP contribution in [0.4, 0.5) is 11.5 Å². The van der Waals surface area contributed by atoms with Gasteiger partial charge < -0.3 is 16.0 Å². The summed E-state index contributed by atoms with van der Waals surface area (Å²) in [6.45, 7) is 9.16. The lowest BCUT2D eigenvalue weighted by Gasteiger charge is -2.30. The van der Waals surface area contributed by atoms with Gasteiger partial charge in [0.05, 0.1) is 11.4 Å². The first kappa shape index (κ1) is 11.3. The molecule has 1 aromatic heterocycles. The van der Waals surface area contributed by atoms with Gasteiger partial charge in [-0.15, -0.1) is 0 Å². The number of piperazine rings is 1. The Morgan fingerprint density at radius 3 is 2.69 bits per heavy atom. The van der Waals surface area contributed by atoms with Gasteiger partial charge in [-0.2, -0.15) is 5.10 Å². The number of aromatic nitrogens is 2. The maximum atomic E-state index is 6.12. The fourth-order valence-electron chi connectivity index (χ4n) is 2.16. The Hall–Kier alpha value is -1.23. The smallest absolute Gasteiger partial charge is 0.150 e. The predicted molar refractivity (Wildman–Crippen MR) is 66.8 cm³/mol. The molecular weight excluding hydrogens is 202 g/mol. The van der Waals surface area contributed by atoms with Gasteiger partial charge >= 0.3 is 0 Å². The van der Waals surface area contributed by atoms with E-state index in [1.807, 2.05) is 6.92 Å². The van der Waals surface area contributed by atoms with Gasteiger partial charge in [-0.1, -0.05) is 6.92 Å². The summed E-state index contributed by atoms with van der Waals surface area (Å²) in [5.74, 6) is 1.11. The molecule has 0 radical (unpaired) electrons. The van der Waals surface area contributed by atoms with E-state index in [9.17, 15) is 0 Å². The first-order valence-electron chi connectivity index (χ1n) is 6.02. The summed E-state index contributed by atoms with van der Waals surface area (Å²) in [4.78, 5) is 2.33. The third-order valence-corrected chi connectivity index (χ3v) is 3.00. The molecule has 1 aliphatic rings. The summed E-state index contributed by atoms with van der Waals surface area (Å²) in [6, 6.07) is 0. The third-order valence-electron chi connectivity index (χ3n) is 3.00. The Labute approximate surface area is 96.6 Å². The fourth-order valence-corrected chi connectivity index (χ4v) is 2.16. The summed E-state index contributed by atoms with van der Waals surface area (Å²) >= 11 is 0. The molecule has 0 saturated carbocycles. The van der Waals surface area contributed by atoms with E-state index < -0.39 is 0 Å². The zero-order valence-corrected chi connectivity index (χ0v) is 10.2. The first-order valence-corrected chi connectivity index (χ1v) is 6.02. The third kappa shape index (κ3) is 2.00. The van der Waals surface area contributed by atoms with Crippen LogP contribution in [0.2, 0.25) is 0 Å². The molecule has 3 N–H and O–H groups in total. The molecular formula is C11H21N5. The largest absolute Gasteiger partial charge is 0.394 e. The van der Waals surface area contributed by atoms with Gasteiger partial charge in [0, 0.05) is 32.7 Å². The highest BCUT2D eigenvalue weighted by molar-refractivity contribution is 5.66. The Bertz CT molecular complexity index is 352. The zero-order chi connectivity index (χ0) is 11.5. The molecule has 0 atom stereocenters. The summed E-state index contributed by atoms with van der Waals surface area (Å²) in [5.41, 5.74) is 7.91. The number of hydrogen-bond donors (Lipinski definition) is 2. The average molecular weight is 223 g/mol. The van der Waals surface area contributed by atoms with E-state index in [1.165, 1.54) is 0 Å². The van der Waals surface area contributed by atoms with E-state index in [4.69, 9.17) is 5.73 Å². The minimum atomic E-state index is 0.843. The molecule has 16 heavy (non-hydrogen) atoms. The average Bonchev–Trinajstić information content (AvgIpc) is 2.57. The van der Waals surface area contributed by atoms with E-state index >= 15 is 0 Å². The maximum Gasteiger partial charge on any atom is 0.150 e. The van der Waals surface area contributed by atoms with Gasteiger partial charge in [-0.05, 0) is 13.3 Å². The van der Waals surface area contributed by atoms with Crippen molar-refractivity contribution in [3.63, 3.8) is 0 Å². The standard InChI is InChI=1S/C11H21N5/c1-3-6-16-11(10(12)9(2)14-16)15-7-4-13-5-8-15/h13H,3-8,12H2,1-2H3. The molecule has 90 valence electrons. The Morgan fingerprint density at radius 2 is 2.06 bits per heavy atom. The molecule has 0 unspecified atom stereocenters. The number of nitrogens with two attached hydrogens (primary N) is 1. The van der Waals surface area contributed by atoms with Crippen molar-refractivity contribution in [3.05, 3.63) is 5.69 Å². The maximum absolute atomic E-state index is 6.12. The summed E-state index contributed by atoms with van der Waals surface area (Å²) in [5, 5.41) is 7.85. The van der Waals surface area contributed by atoms with Crippen LogP contribution in [0.5, 0.6) is 0 Å². The van der Waals surface area contributed by atoms with E-state index in [-0.39, 0.29) is 0 Å². The lowest BCUT2D eigenvalue weighted by atomic mass is 10.3. The van der Waals surface area contributed by atoms with E-state index in [1.54, 1.807) is 0 Å². The molecule has 1 aromatic rings. The number of rotatable bonds is 3. The van der Waals surface area contributed by atoms with Gasteiger partial charge in [-0.3, -0.25) is 0 Å². The second-order valence-electron chi connectivity index (χ2n) is 4.28. The van der Waals surface area contributed by atoms with Gasteiger partial charge in [0.25, 0.3) is 0 Å². The number of aryl methyl sites for hydroxylation is 2. The summed E-state index contributed by atoms with van der Waals surface area (Å²) < 4.78 is 2.05. The molecule has 1 saturated heterocycles. The number of hydrogen-bond acceptors (Lipinski definition) is 4. The molecule has 5 nitrogen and oxygen atoms in total. The normalized spacial score (nSPS) is 16.8. The zero-order valence-electron chi connectivity index (χ0n) is 10.2. The summed E-state index contributed by atoms with van der Waals surface area (Å²) in [7, 11) is 0. The second-order valence-corrected chi connectivity index (χ2v) is 4.28. The van der Waals surface area contributed by atoms with E-state index in [0.29, 0.717) is 0 Å². The molecule has 1 aliphatic heterocycles. The van der Waals surface area contributed by atoms with Gasteiger partial charge in [0.1, 0.15) is 0 Å². The molecule has 0 aliphatic carbocycles. The highest BCUT2D eigenvalue weighted by Gasteiger charge is 2.20. The van der Waals surface area contributed by atoms with Crippen LogP contribution in [0.3, 0.4) is 0 Å². The van der Waals surface area contributed by atoms with Crippen LogP contribution in [-0.2, 0) is 6.54 Å². The highest BCUT2D eigenvalue weighted by Crippen LogP contribution is 2.26. The Morgan fingerprint density at radius 1 is 1.38 bits per heavy atom. The van der Waals surface area contributed by atoms with Crippen molar-refractivity contribution in [2.45, 2.75) is 26.8 Å². The SMILES string of the molecule is CCCn1nc(C)c(N)c1N1CCNCC1. The fraction of sp³-hybridized carbons (Fsp3) is 0.727. The number of nitrogens with zero attached hydrogens (tertiary/aromatic N) is 3. The molecule has 0 spiro atoms. The van der Waals surface area contributed by atoms with Gasteiger partial charge in [0.15, 0.2) is 5.82 Å². The van der Waals surface area contributed by atoms with Crippen molar-refractivity contribution in [3.8, 4) is 0 Å². The monoisotopic (exact) mass is 223 g/mol. The molecule has 2 heterocycles. The van der Waals surface area contributed by atoms with Crippen LogP contribution in [0.25, 0.3) is 0 Å². The second kappa shape index (κ2) is 4.74. The highest BCUT2D eigenvalue weighted by atomic mass is 15.4. The van der Waals surface area contributed by atoms with Crippen molar-refractivity contribution in [1.29, 1.82) is 0 Å². The van der Waals surface area contributed by atoms with Gasteiger partial charge in [0.2, 0.25) is 0 Å². The van der Waals surface area contributed by atoms with Crippen molar-refractivity contribution in [1.82, 2.24) is 15.1 Å².